The van der Waals surface area contributed by atoms with E-state index >= 15 is 0 Å². The van der Waals surface area contributed by atoms with Crippen LogP contribution < -0.4 is 0 Å². The molecular weight excluding hydrogens is 172 g/mol. The van der Waals surface area contributed by atoms with Gasteiger partial charge in [0.15, 0.2) is 9.84 Å². The van der Waals surface area contributed by atoms with Crippen molar-refractivity contribution in [3.63, 3.8) is 0 Å². The summed E-state index contributed by atoms with van der Waals surface area (Å²) in [5.41, 5.74) is 1.52. The first kappa shape index (κ1) is 9.26. The largest absolute Gasteiger partial charge is 0.224 e. The number of benzene rings is 1. The summed E-state index contributed by atoms with van der Waals surface area (Å²) in [4.78, 5) is 0.432. The minimum atomic E-state index is -3.08. The van der Waals surface area contributed by atoms with Crippen molar-refractivity contribution in [2.75, 3.05) is 6.26 Å². The number of rotatable bonds is 1. The Morgan fingerprint density at radius 3 is 1.83 bits per heavy atom. The number of aryl methyl sites for hydroxylation is 2. The fourth-order valence-corrected chi connectivity index (χ4v) is 2.61. The molecular formula is C9H11O2S. The Morgan fingerprint density at radius 1 is 1.17 bits per heavy atom. The van der Waals surface area contributed by atoms with Gasteiger partial charge in [-0.05, 0) is 31.0 Å². The molecule has 0 N–H and O–H groups in total. The van der Waals surface area contributed by atoms with Crippen molar-refractivity contribution in [1.82, 2.24) is 0 Å². The van der Waals surface area contributed by atoms with Gasteiger partial charge in [0.2, 0.25) is 0 Å². The molecule has 0 saturated heterocycles. The maximum absolute atomic E-state index is 11.3. The summed E-state index contributed by atoms with van der Waals surface area (Å²) < 4.78 is 22.5. The molecule has 12 heavy (non-hydrogen) atoms. The van der Waals surface area contributed by atoms with Gasteiger partial charge in [0.25, 0.3) is 0 Å². The third kappa shape index (κ3) is 1.67. The van der Waals surface area contributed by atoms with Crippen molar-refractivity contribution in [2.24, 2.45) is 0 Å². The minimum absolute atomic E-state index is 0.432. The third-order valence-electron chi connectivity index (χ3n) is 1.69. The van der Waals surface area contributed by atoms with Gasteiger partial charge in [-0.2, -0.15) is 0 Å². The first-order valence-electron chi connectivity index (χ1n) is 3.60. The highest BCUT2D eigenvalue weighted by Gasteiger charge is 2.12. The van der Waals surface area contributed by atoms with Crippen molar-refractivity contribution in [3.05, 3.63) is 29.3 Å². The number of sulfone groups is 1. The summed E-state index contributed by atoms with van der Waals surface area (Å²) in [5, 5.41) is 0. The lowest BCUT2D eigenvalue weighted by atomic mass is 10.2. The zero-order valence-corrected chi connectivity index (χ0v) is 8.20. The average Bonchev–Trinajstić information content (AvgIpc) is 1.82. The van der Waals surface area contributed by atoms with Crippen LogP contribution in [-0.2, 0) is 9.84 Å². The molecule has 0 aliphatic carbocycles. The molecule has 1 aromatic carbocycles. The first-order chi connectivity index (χ1) is 5.43. The van der Waals surface area contributed by atoms with Gasteiger partial charge >= 0.3 is 0 Å². The van der Waals surface area contributed by atoms with Crippen LogP contribution in [0.25, 0.3) is 0 Å². The molecule has 0 unspecified atom stereocenters. The minimum Gasteiger partial charge on any atom is -0.224 e. The van der Waals surface area contributed by atoms with Gasteiger partial charge in [0.05, 0.1) is 4.90 Å². The van der Waals surface area contributed by atoms with Gasteiger partial charge in [-0.1, -0.05) is 12.1 Å². The molecule has 0 aliphatic heterocycles. The second-order valence-electron chi connectivity index (χ2n) is 2.92. The second-order valence-corrected chi connectivity index (χ2v) is 4.88. The van der Waals surface area contributed by atoms with Crippen LogP contribution in [0.4, 0.5) is 0 Å². The van der Waals surface area contributed by atoms with Crippen molar-refractivity contribution >= 4 is 9.84 Å². The topological polar surface area (TPSA) is 34.1 Å². The Kier molecular flexibility index (Phi) is 2.24. The van der Waals surface area contributed by atoms with Crippen LogP contribution in [0.3, 0.4) is 0 Å². The molecule has 0 aliphatic rings. The SMILES string of the molecule is Cc1c[c]cc(C)c1S(C)(=O)=O. The molecule has 0 bridgehead atoms. The van der Waals surface area contributed by atoms with Crippen LogP contribution in [0.1, 0.15) is 11.1 Å². The monoisotopic (exact) mass is 183 g/mol. The molecule has 2 nitrogen and oxygen atoms in total. The molecule has 0 aromatic heterocycles. The normalized spacial score (nSPS) is 11.6. The summed E-state index contributed by atoms with van der Waals surface area (Å²) >= 11 is 0. The van der Waals surface area contributed by atoms with E-state index in [1.165, 1.54) is 6.26 Å². The smallest absolute Gasteiger partial charge is 0.176 e. The molecule has 1 radical (unpaired) electrons. The fraction of sp³-hybridized carbons (Fsp3) is 0.333. The zero-order valence-electron chi connectivity index (χ0n) is 7.38. The maximum Gasteiger partial charge on any atom is 0.176 e. The standard InChI is InChI=1S/C9H11O2S/c1-7-5-4-6-8(2)9(7)12(3,10)11/h5-6H,1-3H3. The molecule has 1 aromatic rings. The van der Waals surface area contributed by atoms with E-state index in [4.69, 9.17) is 0 Å². The van der Waals surface area contributed by atoms with Crippen molar-refractivity contribution in [3.8, 4) is 0 Å². The van der Waals surface area contributed by atoms with Crippen LogP contribution in [0.15, 0.2) is 17.0 Å². The molecule has 65 valence electrons. The molecule has 0 fully saturated rings. The van der Waals surface area contributed by atoms with Gasteiger partial charge in [0, 0.05) is 6.26 Å². The van der Waals surface area contributed by atoms with Crippen LogP contribution in [-0.4, -0.2) is 14.7 Å². The summed E-state index contributed by atoms with van der Waals surface area (Å²) in [7, 11) is -3.08. The highest BCUT2D eigenvalue weighted by molar-refractivity contribution is 7.90. The Bertz CT molecular complexity index is 371. The van der Waals surface area contributed by atoms with Crippen LogP contribution >= 0.6 is 0 Å². The molecule has 0 amide bonds. The Balaban J connectivity index is 3.53. The highest BCUT2D eigenvalue weighted by atomic mass is 32.2. The number of hydrogen-bond acceptors (Lipinski definition) is 2. The maximum atomic E-state index is 11.3. The van der Waals surface area contributed by atoms with Gasteiger partial charge in [-0.25, -0.2) is 8.42 Å². The van der Waals surface area contributed by atoms with Crippen LogP contribution in [0.2, 0.25) is 0 Å². The van der Waals surface area contributed by atoms with Crippen molar-refractivity contribution < 1.29 is 8.42 Å². The van der Waals surface area contributed by atoms with Gasteiger partial charge in [-0.15, -0.1) is 0 Å². The quantitative estimate of drug-likeness (QED) is 0.661. The molecule has 0 spiro atoms. The van der Waals surface area contributed by atoms with E-state index in [2.05, 4.69) is 6.07 Å². The zero-order chi connectivity index (χ0) is 9.35. The van der Waals surface area contributed by atoms with Crippen LogP contribution in [0.5, 0.6) is 0 Å². The molecule has 0 saturated carbocycles. The number of hydrogen-bond donors (Lipinski definition) is 0. The lowest BCUT2D eigenvalue weighted by Gasteiger charge is -2.05. The van der Waals surface area contributed by atoms with Gasteiger partial charge < -0.3 is 0 Å². The summed E-state index contributed by atoms with van der Waals surface area (Å²) in [6.45, 7) is 3.56. The van der Waals surface area contributed by atoms with E-state index < -0.39 is 9.84 Å². The predicted molar refractivity (Wildman–Crippen MR) is 47.9 cm³/mol. The van der Waals surface area contributed by atoms with E-state index in [0.29, 0.717) is 4.90 Å². The predicted octanol–water partition coefficient (Wildman–Crippen LogP) is 1.51. The van der Waals surface area contributed by atoms with Crippen molar-refractivity contribution in [2.45, 2.75) is 18.7 Å². The Hall–Kier alpha value is -0.830. The molecule has 1 rings (SSSR count). The molecule has 0 atom stereocenters. The Labute approximate surface area is 73.2 Å². The van der Waals surface area contributed by atoms with E-state index in [1.807, 2.05) is 0 Å². The van der Waals surface area contributed by atoms with Gasteiger partial charge in [0.1, 0.15) is 0 Å². The van der Waals surface area contributed by atoms with E-state index in [0.717, 1.165) is 11.1 Å². The lowest BCUT2D eigenvalue weighted by Crippen LogP contribution is -2.02. The molecule has 3 heteroatoms. The summed E-state index contributed by atoms with van der Waals surface area (Å²) in [6, 6.07) is 6.24. The first-order valence-corrected chi connectivity index (χ1v) is 5.49. The molecule has 0 heterocycles. The lowest BCUT2D eigenvalue weighted by molar-refractivity contribution is 0.600. The average molecular weight is 183 g/mol. The second kappa shape index (κ2) is 2.90. The third-order valence-corrected chi connectivity index (χ3v) is 3.07. The van der Waals surface area contributed by atoms with Crippen molar-refractivity contribution in [1.29, 1.82) is 0 Å². The van der Waals surface area contributed by atoms with E-state index in [9.17, 15) is 8.42 Å². The van der Waals surface area contributed by atoms with Crippen LogP contribution in [0, 0.1) is 19.9 Å². The Morgan fingerprint density at radius 2 is 1.58 bits per heavy atom. The van der Waals surface area contributed by atoms with E-state index in [1.54, 1.807) is 26.0 Å². The van der Waals surface area contributed by atoms with Gasteiger partial charge in [-0.3, -0.25) is 0 Å². The summed E-state index contributed by atoms with van der Waals surface area (Å²) in [5.74, 6) is 0. The fourth-order valence-electron chi connectivity index (χ4n) is 1.32. The van der Waals surface area contributed by atoms with E-state index in [-0.39, 0.29) is 0 Å². The highest BCUT2D eigenvalue weighted by Crippen LogP contribution is 2.18. The summed E-state index contributed by atoms with van der Waals surface area (Å²) in [6.07, 6.45) is 1.22.